The molecule has 0 spiro atoms. The van der Waals surface area contributed by atoms with E-state index in [-0.39, 0.29) is 36.6 Å². The summed E-state index contributed by atoms with van der Waals surface area (Å²) in [4.78, 5) is 14.2. The van der Waals surface area contributed by atoms with Crippen molar-refractivity contribution in [3.63, 3.8) is 0 Å². The van der Waals surface area contributed by atoms with Crippen LogP contribution in [0, 0.1) is 13.8 Å². The maximum absolute atomic E-state index is 12.9. The Morgan fingerprint density at radius 1 is 1.25 bits per heavy atom. The first-order chi connectivity index (χ1) is 13.2. The average Bonchev–Trinajstić information content (AvgIpc) is 2.64. The number of likely N-dealkylation sites (tertiary alicyclic amines) is 1. The van der Waals surface area contributed by atoms with Gasteiger partial charge in [-0.3, -0.25) is 4.79 Å². The summed E-state index contributed by atoms with van der Waals surface area (Å²) in [5.74, 6) is 0.538. The Bertz CT molecular complexity index is 766. The number of rotatable bonds is 8. The van der Waals surface area contributed by atoms with Gasteiger partial charge in [-0.05, 0) is 49.9 Å². The quantitative estimate of drug-likeness (QED) is 0.635. The molecular weight excluding hydrogens is 382 g/mol. The molecule has 1 saturated heterocycles. The maximum atomic E-state index is 12.9. The van der Waals surface area contributed by atoms with Gasteiger partial charge in [0.15, 0.2) is 0 Å². The number of carbonyl (C=O) groups excluding carboxylic acids is 1. The number of methoxy groups -OCH3 is 1. The van der Waals surface area contributed by atoms with Crippen molar-refractivity contribution in [1.29, 1.82) is 0 Å². The van der Waals surface area contributed by atoms with Gasteiger partial charge < -0.3 is 20.1 Å². The molecule has 0 unspecified atom stereocenters. The van der Waals surface area contributed by atoms with Gasteiger partial charge in [-0.25, -0.2) is 8.42 Å². The first-order valence-corrected chi connectivity index (χ1v) is 10.8. The largest absolute Gasteiger partial charge is 0.497 e. The summed E-state index contributed by atoms with van der Waals surface area (Å²) in [6.07, 6.45) is 1.60. The molecule has 0 saturated carbocycles. The van der Waals surface area contributed by atoms with Crippen LogP contribution < -0.4 is 10.5 Å². The molecule has 1 aromatic carbocycles. The van der Waals surface area contributed by atoms with Crippen molar-refractivity contribution in [2.24, 2.45) is 5.73 Å². The molecule has 2 N–H and O–H groups in total. The summed E-state index contributed by atoms with van der Waals surface area (Å²) in [6, 6.07) is 3.56. The molecule has 0 aromatic heterocycles. The summed E-state index contributed by atoms with van der Waals surface area (Å²) in [5.41, 5.74) is 7.10. The lowest BCUT2D eigenvalue weighted by Gasteiger charge is -2.30. The van der Waals surface area contributed by atoms with Crippen LogP contribution in [-0.4, -0.2) is 76.6 Å². The van der Waals surface area contributed by atoms with Gasteiger partial charge in [0.25, 0.3) is 0 Å². The van der Waals surface area contributed by atoms with E-state index in [2.05, 4.69) is 0 Å². The van der Waals surface area contributed by atoms with Gasteiger partial charge in [0.05, 0.1) is 18.6 Å². The monoisotopic (exact) mass is 413 g/mol. The number of piperidine rings is 1. The normalized spacial score (nSPS) is 15.9. The highest BCUT2D eigenvalue weighted by molar-refractivity contribution is 7.89. The minimum Gasteiger partial charge on any atom is -0.497 e. The number of benzene rings is 1. The Hall–Kier alpha value is -1.68. The Morgan fingerprint density at radius 3 is 2.36 bits per heavy atom. The SMILES string of the molecule is COc1cc(C)c(S(=O)(=O)N(C)CCOCC(=O)N2CCC(N)CC2)c(C)c1. The van der Waals surface area contributed by atoms with Gasteiger partial charge in [0, 0.05) is 32.7 Å². The standard InChI is InChI=1S/C19H31N3O5S/c1-14-11-17(26-4)12-15(2)19(14)28(24,25)21(3)9-10-27-13-18(23)22-7-5-16(20)6-8-22/h11-12,16H,5-10,13,20H2,1-4H3. The summed E-state index contributed by atoms with van der Waals surface area (Å²) in [7, 11) is -0.608. The zero-order valence-corrected chi connectivity index (χ0v) is 17.9. The van der Waals surface area contributed by atoms with E-state index in [9.17, 15) is 13.2 Å². The molecule has 0 atom stereocenters. The average molecular weight is 414 g/mol. The number of ether oxygens (including phenoxy) is 2. The van der Waals surface area contributed by atoms with Crippen molar-refractivity contribution < 1.29 is 22.7 Å². The number of aryl methyl sites for hydroxylation is 2. The van der Waals surface area contributed by atoms with E-state index < -0.39 is 10.0 Å². The highest BCUT2D eigenvalue weighted by Gasteiger charge is 2.25. The molecule has 1 aliphatic rings. The number of likely N-dealkylation sites (N-methyl/N-ethyl adjacent to an activating group) is 1. The van der Waals surface area contributed by atoms with Crippen LogP contribution in [-0.2, 0) is 19.6 Å². The second-order valence-electron chi connectivity index (χ2n) is 7.19. The van der Waals surface area contributed by atoms with E-state index in [1.54, 1.807) is 38.0 Å². The molecule has 28 heavy (non-hydrogen) atoms. The van der Waals surface area contributed by atoms with E-state index in [1.807, 2.05) is 0 Å². The topological polar surface area (TPSA) is 102 Å². The van der Waals surface area contributed by atoms with Gasteiger partial charge >= 0.3 is 0 Å². The van der Waals surface area contributed by atoms with Crippen molar-refractivity contribution in [1.82, 2.24) is 9.21 Å². The van der Waals surface area contributed by atoms with Crippen LogP contribution in [0.15, 0.2) is 17.0 Å². The number of nitrogens with zero attached hydrogens (tertiary/aromatic N) is 2. The van der Waals surface area contributed by atoms with Gasteiger partial charge in [-0.1, -0.05) is 0 Å². The van der Waals surface area contributed by atoms with E-state index in [1.165, 1.54) is 11.4 Å². The number of hydrogen-bond donors (Lipinski definition) is 1. The predicted octanol–water partition coefficient (Wildman–Crippen LogP) is 0.899. The lowest BCUT2D eigenvalue weighted by molar-refractivity contribution is -0.137. The Balaban J connectivity index is 1.88. The van der Waals surface area contributed by atoms with Crippen molar-refractivity contribution in [2.45, 2.75) is 37.6 Å². The molecule has 1 aliphatic heterocycles. The number of nitrogens with two attached hydrogens (primary N) is 1. The third kappa shape index (κ3) is 5.44. The Morgan fingerprint density at radius 2 is 1.82 bits per heavy atom. The smallest absolute Gasteiger partial charge is 0.248 e. The molecule has 1 aromatic rings. The molecule has 0 radical (unpaired) electrons. The Labute approximate surface area is 167 Å². The van der Waals surface area contributed by atoms with Gasteiger partial charge in [-0.2, -0.15) is 4.31 Å². The molecule has 1 heterocycles. The third-order valence-corrected chi connectivity index (χ3v) is 7.17. The molecule has 158 valence electrons. The number of hydrogen-bond acceptors (Lipinski definition) is 6. The summed E-state index contributed by atoms with van der Waals surface area (Å²) in [6.45, 7) is 5.03. The lowest BCUT2D eigenvalue weighted by atomic mass is 10.1. The zero-order valence-electron chi connectivity index (χ0n) is 17.1. The minimum absolute atomic E-state index is 0.0519. The molecule has 0 aliphatic carbocycles. The fraction of sp³-hybridized carbons (Fsp3) is 0.632. The maximum Gasteiger partial charge on any atom is 0.248 e. The number of carbonyl (C=O) groups is 1. The fourth-order valence-corrected chi connectivity index (χ4v) is 4.86. The summed E-state index contributed by atoms with van der Waals surface area (Å²) < 4.78 is 37.7. The molecule has 1 fully saturated rings. The Kier molecular flexibility index (Phi) is 7.82. The van der Waals surface area contributed by atoms with Crippen LogP contribution in [0.2, 0.25) is 0 Å². The molecule has 9 heteroatoms. The molecule has 8 nitrogen and oxygen atoms in total. The zero-order chi connectivity index (χ0) is 20.9. The molecule has 1 amide bonds. The molecular formula is C19H31N3O5S. The lowest BCUT2D eigenvalue weighted by Crippen LogP contribution is -2.44. The third-order valence-electron chi connectivity index (χ3n) is 5.01. The second kappa shape index (κ2) is 9.69. The van der Waals surface area contributed by atoms with Crippen molar-refractivity contribution in [3.05, 3.63) is 23.3 Å². The summed E-state index contributed by atoms with van der Waals surface area (Å²) in [5, 5.41) is 0. The summed E-state index contributed by atoms with van der Waals surface area (Å²) >= 11 is 0. The molecule has 2 rings (SSSR count). The fourth-order valence-electron chi connectivity index (χ4n) is 3.30. The van der Waals surface area contributed by atoms with Crippen LogP contribution in [0.1, 0.15) is 24.0 Å². The van der Waals surface area contributed by atoms with Crippen LogP contribution in [0.5, 0.6) is 5.75 Å². The van der Waals surface area contributed by atoms with Gasteiger partial charge in [0.2, 0.25) is 15.9 Å². The molecule has 0 bridgehead atoms. The predicted molar refractivity (Wildman–Crippen MR) is 107 cm³/mol. The van der Waals surface area contributed by atoms with Crippen LogP contribution in [0.25, 0.3) is 0 Å². The highest BCUT2D eigenvalue weighted by atomic mass is 32.2. The minimum atomic E-state index is -3.66. The first kappa shape index (κ1) is 22.6. The van der Waals surface area contributed by atoms with E-state index in [4.69, 9.17) is 15.2 Å². The van der Waals surface area contributed by atoms with Crippen LogP contribution in [0.4, 0.5) is 0 Å². The van der Waals surface area contributed by atoms with Gasteiger partial charge in [0.1, 0.15) is 12.4 Å². The van der Waals surface area contributed by atoms with Crippen molar-refractivity contribution in [2.75, 3.05) is 47.0 Å². The van der Waals surface area contributed by atoms with E-state index in [0.717, 1.165) is 12.8 Å². The first-order valence-electron chi connectivity index (χ1n) is 9.39. The highest BCUT2D eigenvalue weighted by Crippen LogP contribution is 2.27. The van der Waals surface area contributed by atoms with E-state index >= 15 is 0 Å². The van der Waals surface area contributed by atoms with Crippen LogP contribution in [0.3, 0.4) is 0 Å². The number of amides is 1. The van der Waals surface area contributed by atoms with Crippen molar-refractivity contribution >= 4 is 15.9 Å². The number of sulfonamides is 1. The second-order valence-corrected chi connectivity index (χ2v) is 9.17. The van der Waals surface area contributed by atoms with Crippen LogP contribution >= 0.6 is 0 Å². The van der Waals surface area contributed by atoms with Crippen molar-refractivity contribution in [3.8, 4) is 5.75 Å². The van der Waals surface area contributed by atoms with Gasteiger partial charge in [-0.15, -0.1) is 0 Å². The van der Waals surface area contributed by atoms with E-state index in [0.29, 0.717) is 30.0 Å².